The van der Waals surface area contributed by atoms with E-state index in [4.69, 9.17) is 14.5 Å². The van der Waals surface area contributed by atoms with Crippen LogP contribution in [0.1, 0.15) is 60.6 Å². The highest BCUT2D eigenvalue weighted by Crippen LogP contribution is 2.43. The minimum absolute atomic E-state index is 0.00427. The van der Waals surface area contributed by atoms with Gasteiger partial charge in [0.2, 0.25) is 5.88 Å². The fourth-order valence-corrected chi connectivity index (χ4v) is 6.24. The van der Waals surface area contributed by atoms with E-state index in [0.29, 0.717) is 61.3 Å². The molecule has 2 N–H and O–H groups in total. The van der Waals surface area contributed by atoms with Gasteiger partial charge in [-0.15, -0.1) is 0 Å². The van der Waals surface area contributed by atoms with Crippen molar-refractivity contribution >= 4 is 11.6 Å². The molecular weight excluding hydrogens is 585 g/mol. The van der Waals surface area contributed by atoms with Crippen LogP contribution in [0.5, 0.6) is 11.6 Å². The zero-order valence-corrected chi connectivity index (χ0v) is 24.9. The van der Waals surface area contributed by atoms with Gasteiger partial charge in [0.25, 0.3) is 5.91 Å². The SMILES string of the molecule is CCOc1ncccc1-c1ccc(N2CC[C@H](Oc3ccc(C(F)(F)F)cc3C#N)C[C@@H]2C2CC2)c(C(=O)N[C@@H]2CCNC2)n1. The van der Waals surface area contributed by atoms with Gasteiger partial charge >= 0.3 is 6.18 Å². The van der Waals surface area contributed by atoms with Crippen LogP contribution < -0.4 is 25.0 Å². The van der Waals surface area contributed by atoms with Crippen molar-refractivity contribution in [3.05, 3.63) is 65.5 Å². The molecule has 6 rings (SSSR count). The molecule has 2 aromatic heterocycles. The molecule has 45 heavy (non-hydrogen) atoms. The van der Waals surface area contributed by atoms with Gasteiger partial charge in [-0.05, 0) is 81.1 Å². The number of nitriles is 1. The summed E-state index contributed by atoms with van der Waals surface area (Å²) in [6, 6.07) is 12.4. The third-order valence-electron chi connectivity index (χ3n) is 8.61. The lowest BCUT2D eigenvalue weighted by Gasteiger charge is -2.42. The summed E-state index contributed by atoms with van der Waals surface area (Å²) in [7, 11) is 0. The van der Waals surface area contributed by atoms with Crippen LogP contribution in [0.4, 0.5) is 18.9 Å². The van der Waals surface area contributed by atoms with Crippen molar-refractivity contribution in [2.75, 3.05) is 31.1 Å². The molecule has 1 amide bonds. The van der Waals surface area contributed by atoms with Crippen molar-refractivity contribution in [2.24, 2.45) is 5.92 Å². The van der Waals surface area contributed by atoms with E-state index < -0.39 is 11.7 Å². The van der Waals surface area contributed by atoms with Crippen LogP contribution in [0, 0.1) is 17.2 Å². The van der Waals surface area contributed by atoms with Crippen LogP contribution in [0.2, 0.25) is 0 Å². The van der Waals surface area contributed by atoms with Gasteiger partial charge in [0, 0.05) is 44.2 Å². The van der Waals surface area contributed by atoms with Gasteiger partial charge in [0.1, 0.15) is 17.9 Å². The summed E-state index contributed by atoms with van der Waals surface area (Å²) in [4.78, 5) is 25.3. The van der Waals surface area contributed by atoms with Gasteiger partial charge in [0.15, 0.2) is 5.69 Å². The second-order valence-corrected chi connectivity index (χ2v) is 11.7. The molecule has 2 aliphatic heterocycles. The topological polar surface area (TPSA) is 112 Å². The van der Waals surface area contributed by atoms with Crippen LogP contribution in [0.25, 0.3) is 11.3 Å². The fraction of sp³-hybridized carbons (Fsp3) is 0.455. The first-order valence-corrected chi connectivity index (χ1v) is 15.4. The van der Waals surface area contributed by atoms with Crippen LogP contribution >= 0.6 is 0 Å². The van der Waals surface area contributed by atoms with E-state index in [9.17, 15) is 23.2 Å². The maximum Gasteiger partial charge on any atom is 0.416 e. The lowest BCUT2D eigenvalue weighted by Crippen LogP contribution is -2.48. The fourth-order valence-electron chi connectivity index (χ4n) is 6.24. The van der Waals surface area contributed by atoms with Crippen molar-refractivity contribution in [1.82, 2.24) is 20.6 Å². The Labute approximate surface area is 259 Å². The Morgan fingerprint density at radius 3 is 2.73 bits per heavy atom. The first kappa shape index (κ1) is 30.6. The highest BCUT2D eigenvalue weighted by atomic mass is 19.4. The molecule has 0 bridgehead atoms. The molecule has 0 unspecified atom stereocenters. The number of alkyl halides is 3. The number of anilines is 1. The number of pyridine rings is 2. The molecule has 1 aromatic carbocycles. The van der Waals surface area contributed by atoms with Gasteiger partial charge < -0.3 is 25.0 Å². The number of aromatic nitrogens is 2. The maximum absolute atomic E-state index is 13.8. The molecule has 3 fully saturated rings. The van der Waals surface area contributed by atoms with E-state index in [1.807, 2.05) is 31.2 Å². The van der Waals surface area contributed by atoms with Crippen LogP contribution in [-0.2, 0) is 6.18 Å². The van der Waals surface area contributed by atoms with Gasteiger partial charge in [0.05, 0.1) is 34.7 Å². The second kappa shape index (κ2) is 12.9. The Kier molecular flexibility index (Phi) is 8.81. The van der Waals surface area contributed by atoms with Crippen LogP contribution in [0.3, 0.4) is 0 Å². The number of carbonyl (C=O) groups is 1. The minimum Gasteiger partial charge on any atom is -0.489 e. The van der Waals surface area contributed by atoms with Crippen molar-refractivity contribution in [2.45, 2.75) is 63.4 Å². The number of hydrogen-bond donors (Lipinski definition) is 2. The maximum atomic E-state index is 13.8. The second-order valence-electron chi connectivity index (χ2n) is 11.7. The number of hydrogen-bond acceptors (Lipinski definition) is 8. The zero-order chi connectivity index (χ0) is 31.6. The Morgan fingerprint density at radius 1 is 1.18 bits per heavy atom. The number of benzene rings is 1. The molecule has 1 saturated carbocycles. The number of piperidine rings is 1. The van der Waals surface area contributed by atoms with E-state index in [2.05, 4.69) is 20.5 Å². The molecular formula is C33H35F3N6O3. The zero-order valence-electron chi connectivity index (χ0n) is 24.9. The average molecular weight is 621 g/mol. The molecule has 3 atom stereocenters. The normalized spacial score (nSPS) is 21.7. The molecule has 3 aromatic rings. The monoisotopic (exact) mass is 620 g/mol. The highest BCUT2D eigenvalue weighted by molar-refractivity contribution is 5.99. The van der Waals surface area contributed by atoms with E-state index >= 15 is 0 Å². The third-order valence-corrected chi connectivity index (χ3v) is 8.61. The van der Waals surface area contributed by atoms with Gasteiger partial charge in [-0.25, -0.2) is 9.97 Å². The number of nitrogens with one attached hydrogen (secondary N) is 2. The van der Waals surface area contributed by atoms with E-state index in [1.165, 1.54) is 6.07 Å². The summed E-state index contributed by atoms with van der Waals surface area (Å²) in [5.41, 5.74) is 1.30. The average Bonchev–Trinajstić information content (AvgIpc) is 3.76. The standard InChI is InChI=1S/C33H35F3N6O3/c1-2-44-32-25(4-3-13-39-32)26-8-9-27(30(41-26)31(43)40-23-11-14-38-19-23)42-15-12-24(17-28(42)20-5-6-20)45-29-10-7-22(33(34,35)36)16-21(29)18-37/h3-4,7-10,13,16,20,23-24,28,38H,2,5-6,11-12,14-15,17,19H2,1H3,(H,40,43)/t23-,24+,28-/m1/s1. The number of rotatable bonds is 9. The molecule has 0 radical (unpaired) electrons. The van der Waals surface area contributed by atoms with Crippen molar-refractivity contribution in [1.29, 1.82) is 5.26 Å². The molecule has 1 aliphatic carbocycles. The molecule has 12 heteroatoms. The molecule has 2 saturated heterocycles. The first-order chi connectivity index (χ1) is 21.7. The molecule has 9 nitrogen and oxygen atoms in total. The first-order valence-electron chi connectivity index (χ1n) is 15.4. The number of nitrogens with zero attached hydrogens (tertiary/aromatic N) is 4. The number of halogens is 3. The van der Waals surface area contributed by atoms with Crippen molar-refractivity contribution < 1.29 is 27.4 Å². The summed E-state index contributed by atoms with van der Waals surface area (Å²) in [6.07, 6.45) is 0.868. The van der Waals surface area contributed by atoms with E-state index in [1.54, 1.807) is 12.3 Å². The Hall–Kier alpha value is -4.37. The van der Waals surface area contributed by atoms with Gasteiger partial charge in [-0.1, -0.05) is 0 Å². The summed E-state index contributed by atoms with van der Waals surface area (Å²) in [5, 5.41) is 16.0. The summed E-state index contributed by atoms with van der Waals surface area (Å²) >= 11 is 0. The molecule has 236 valence electrons. The molecule has 4 heterocycles. The summed E-state index contributed by atoms with van der Waals surface area (Å²) < 4.78 is 51.6. The number of amides is 1. The molecule has 3 aliphatic rings. The Balaban J connectivity index is 1.29. The predicted octanol–water partition coefficient (Wildman–Crippen LogP) is 5.35. The Morgan fingerprint density at radius 2 is 2.02 bits per heavy atom. The van der Waals surface area contributed by atoms with Gasteiger partial charge in [-0.3, -0.25) is 4.79 Å². The smallest absolute Gasteiger partial charge is 0.416 e. The summed E-state index contributed by atoms with van der Waals surface area (Å²) in [5.74, 6) is 0.729. The van der Waals surface area contributed by atoms with Crippen LogP contribution in [0.15, 0.2) is 48.7 Å². The largest absolute Gasteiger partial charge is 0.489 e. The molecule has 0 spiro atoms. The third kappa shape index (κ3) is 6.83. The lowest BCUT2D eigenvalue weighted by atomic mass is 9.94. The van der Waals surface area contributed by atoms with Crippen molar-refractivity contribution in [3.8, 4) is 29.0 Å². The Bertz CT molecular complexity index is 1580. The summed E-state index contributed by atoms with van der Waals surface area (Å²) in [6.45, 7) is 4.40. The van der Waals surface area contributed by atoms with Crippen molar-refractivity contribution in [3.63, 3.8) is 0 Å². The number of carbonyl (C=O) groups excluding carboxylic acids is 1. The van der Waals surface area contributed by atoms with E-state index in [-0.39, 0.29) is 35.4 Å². The quantitative estimate of drug-likeness (QED) is 0.329. The van der Waals surface area contributed by atoms with E-state index in [0.717, 1.165) is 43.6 Å². The van der Waals surface area contributed by atoms with Gasteiger partial charge in [-0.2, -0.15) is 18.4 Å². The lowest BCUT2D eigenvalue weighted by molar-refractivity contribution is -0.137. The van der Waals surface area contributed by atoms with Crippen LogP contribution in [-0.4, -0.2) is 60.3 Å². The highest BCUT2D eigenvalue weighted by Gasteiger charge is 2.42. The predicted molar refractivity (Wildman–Crippen MR) is 161 cm³/mol. The number of ether oxygens (including phenoxy) is 2. The minimum atomic E-state index is -4.55.